The number of amides is 2. The third-order valence-corrected chi connectivity index (χ3v) is 6.78. The molecule has 3 atom stereocenters. The molecule has 2 amide bonds. The zero-order valence-corrected chi connectivity index (χ0v) is 16.2. The Kier molecular flexibility index (Phi) is 4.60. The Morgan fingerprint density at radius 3 is 2.69 bits per heavy atom. The number of halogens is 1. The zero-order valence-electron chi connectivity index (χ0n) is 16.2. The summed E-state index contributed by atoms with van der Waals surface area (Å²) in [5.74, 6) is 0.105. The lowest BCUT2D eigenvalue weighted by Crippen LogP contribution is -2.39. The number of aromatic nitrogens is 1. The minimum atomic E-state index is -0.298. The molecule has 0 bridgehead atoms. The lowest BCUT2D eigenvalue weighted by molar-refractivity contribution is -0.136. The molecular weight excluding hydrogens is 373 g/mol. The highest BCUT2D eigenvalue weighted by molar-refractivity contribution is 5.92. The third kappa shape index (κ3) is 3.22. The van der Waals surface area contributed by atoms with Crippen molar-refractivity contribution in [2.24, 2.45) is 17.8 Å². The molecule has 0 radical (unpaired) electrons. The van der Waals surface area contributed by atoms with E-state index in [1.54, 1.807) is 11.0 Å². The van der Waals surface area contributed by atoms with Crippen LogP contribution in [0.3, 0.4) is 0 Å². The van der Waals surface area contributed by atoms with E-state index in [0.29, 0.717) is 25.3 Å². The van der Waals surface area contributed by atoms with Gasteiger partial charge in [0.1, 0.15) is 12.1 Å². The fourth-order valence-corrected chi connectivity index (χ4v) is 5.44. The summed E-state index contributed by atoms with van der Waals surface area (Å²) < 4.78 is 18.9. The molecular formula is C22H24FN3O3. The van der Waals surface area contributed by atoms with Crippen molar-refractivity contribution in [2.75, 3.05) is 19.6 Å². The molecule has 0 N–H and O–H groups in total. The maximum absolute atomic E-state index is 14.0. The minimum Gasteiger partial charge on any atom is -0.451 e. The van der Waals surface area contributed by atoms with Crippen LogP contribution in [0, 0.1) is 23.6 Å². The lowest BCUT2D eigenvalue weighted by Gasteiger charge is -2.31. The molecule has 1 aromatic carbocycles. The van der Waals surface area contributed by atoms with E-state index in [4.69, 9.17) is 4.42 Å². The van der Waals surface area contributed by atoms with E-state index in [9.17, 15) is 14.0 Å². The first-order valence-electron chi connectivity index (χ1n) is 10.3. The number of hydrogen-bond donors (Lipinski definition) is 0. The molecule has 0 spiro atoms. The summed E-state index contributed by atoms with van der Waals surface area (Å²) in [6.45, 7) is 1.73. The molecule has 6 nitrogen and oxygen atoms in total. The van der Waals surface area contributed by atoms with Crippen LogP contribution in [0.2, 0.25) is 0 Å². The van der Waals surface area contributed by atoms with Gasteiger partial charge in [0, 0.05) is 37.4 Å². The van der Waals surface area contributed by atoms with Gasteiger partial charge in [-0.25, -0.2) is 9.37 Å². The van der Waals surface area contributed by atoms with Crippen LogP contribution in [-0.4, -0.2) is 46.2 Å². The second-order valence-electron chi connectivity index (χ2n) is 8.48. The van der Waals surface area contributed by atoms with Crippen LogP contribution in [0.5, 0.6) is 0 Å². The first-order chi connectivity index (χ1) is 14.1. The van der Waals surface area contributed by atoms with Crippen molar-refractivity contribution in [1.82, 2.24) is 14.8 Å². The Morgan fingerprint density at radius 2 is 1.97 bits per heavy atom. The van der Waals surface area contributed by atoms with Gasteiger partial charge in [0.05, 0.1) is 6.04 Å². The molecule has 29 heavy (non-hydrogen) atoms. The summed E-state index contributed by atoms with van der Waals surface area (Å²) in [6.07, 6.45) is 6.69. The average molecular weight is 397 g/mol. The molecule has 3 fully saturated rings. The summed E-state index contributed by atoms with van der Waals surface area (Å²) in [4.78, 5) is 33.7. The normalized spacial score (nSPS) is 26.9. The molecule has 152 valence electrons. The van der Waals surface area contributed by atoms with E-state index in [2.05, 4.69) is 4.98 Å². The first kappa shape index (κ1) is 18.3. The number of oxazole rings is 1. The number of likely N-dealkylation sites (tertiary alicyclic amines) is 2. The molecule has 3 heterocycles. The van der Waals surface area contributed by atoms with Crippen LogP contribution in [-0.2, 0) is 4.79 Å². The van der Waals surface area contributed by atoms with Crippen molar-refractivity contribution in [2.45, 2.75) is 31.7 Å². The van der Waals surface area contributed by atoms with Gasteiger partial charge < -0.3 is 14.2 Å². The first-order valence-corrected chi connectivity index (χ1v) is 10.3. The smallest absolute Gasteiger partial charge is 0.275 e. The summed E-state index contributed by atoms with van der Waals surface area (Å²) >= 11 is 0. The van der Waals surface area contributed by atoms with Gasteiger partial charge in [0.2, 0.25) is 5.91 Å². The van der Waals surface area contributed by atoms with Gasteiger partial charge in [-0.3, -0.25) is 9.59 Å². The van der Waals surface area contributed by atoms with Gasteiger partial charge in [-0.1, -0.05) is 25.0 Å². The number of hydrogen-bond acceptors (Lipinski definition) is 4. The van der Waals surface area contributed by atoms with Crippen LogP contribution in [0.4, 0.5) is 4.39 Å². The molecule has 2 aliphatic heterocycles. The fraction of sp³-hybridized carbons (Fsp3) is 0.500. The highest BCUT2D eigenvalue weighted by atomic mass is 19.1. The van der Waals surface area contributed by atoms with Crippen molar-refractivity contribution in [3.05, 3.63) is 54.0 Å². The molecule has 3 aliphatic rings. The van der Waals surface area contributed by atoms with Crippen LogP contribution in [0.15, 0.2) is 41.3 Å². The number of nitrogens with zero attached hydrogens (tertiary/aromatic N) is 3. The van der Waals surface area contributed by atoms with Gasteiger partial charge in [-0.2, -0.15) is 0 Å². The molecule has 0 unspecified atom stereocenters. The standard InChI is InChI=1S/C22H24FN3O3/c23-17-7-3-6-15(8-17)20-18-11-25(22(28)19-12-29-13-24-19)9-16(18)10-26(20)21(27)14-4-1-2-5-14/h3,6-8,12-14,16,18,20H,1-2,4-5,9-11H2/t16-,18-,20+/m0/s1. The molecule has 2 aromatic rings. The Balaban J connectivity index is 1.43. The van der Waals surface area contributed by atoms with Crippen molar-refractivity contribution < 1.29 is 18.4 Å². The fourth-order valence-electron chi connectivity index (χ4n) is 5.44. The number of fused-ring (bicyclic) bond motifs is 1. The second-order valence-corrected chi connectivity index (χ2v) is 8.48. The van der Waals surface area contributed by atoms with Crippen LogP contribution < -0.4 is 0 Å². The molecule has 1 aliphatic carbocycles. The molecule has 2 saturated heterocycles. The predicted molar refractivity (Wildman–Crippen MR) is 102 cm³/mol. The molecule has 5 rings (SSSR count). The highest BCUT2D eigenvalue weighted by Crippen LogP contribution is 2.46. The second kappa shape index (κ2) is 7.28. The quantitative estimate of drug-likeness (QED) is 0.797. The topological polar surface area (TPSA) is 66.7 Å². The van der Waals surface area contributed by atoms with Gasteiger partial charge in [0.15, 0.2) is 12.1 Å². The summed E-state index contributed by atoms with van der Waals surface area (Å²) in [5.41, 5.74) is 1.12. The van der Waals surface area contributed by atoms with Crippen molar-refractivity contribution in [1.29, 1.82) is 0 Å². The largest absolute Gasteiger partial charge is 0.451 e. The Labute approximate surface area is 168 Å². The zero-order chi connectivity index (χ0) is 20.0. The van der Waals surface area contributed by atoms with Crippen LogP contribution >= 0.6 is 0 Å². The lowest BCUT2D eigenvalue weighted by atomic mass is 9.89. The Hall–Kier alpha value is -2.70. The van der Waals surface area contributed by atoms with E-state index in [1.165, 1.54) is 24.8 Å². The van der Waals surface area contributed by atoms with Crippen molar-refractivity contribution in [3.8, 4) is 0 Å². The number of rotatable bonds is 3. The maximum atomic E-state index is 14.0. The summed E-state index contributed by atoms with van der Waals surface area (Å²) in [6, 6.07) is 6.35. The van der Waals surface area contributed by atoms with Gasteiger partial charge in [-0.05, 0) is 30.5 Å². The van der Waals surface area contributed by atoms with Gasteiger partial charge in [-0.15, -0.1) is 0 Å². The molecule has 1 saturated carbocycles. The van der Waals surface area contributed by atoms with Crippen molar-refractivity contribution in [3.63, 3.8) is 0 Å². The molecule has 7 heteroatoms. The summed E-state index contributed by atoms with van der Waals surface area (Å²) in [5, 5.41) is 0. The maximum Gasteiger partial charge on any atom is 0.275 e. The highest BCUT2D eigenvalue weighted by Gasteiger charge is 2.51. The predicted octanol–water partition coefficient (Wildman–Crippen LogP) is 3.28. The minimum absolute atomic E-state index is 0.0813. The van der Waals surface area contributed by atoms with Crippen molar-refractivity contribution >= 4 is 11.8 Å². The van der Waals surface area contributed by atoms with E-state index < -0.39 is 0 Å². The number of carbonyl (C=O) groups excluding carboxylic acids is 2. The number of carbonyl (C=O) groups is 2. The number of benzene rings is 1. The third-order valence-electron chi connectivity index (χ3n) is 6.78. The monoisotopic (exact) mass is 397 g/mol. The van der Waals surface area contributed by atoms with Gasteiger partial charge >= 0.3 is 0 Å². The summed E-state index contributed by atoms with van der Waals surface area (Å²) in [7, 11) is 0. The molecule has 1 aromatic heterocycles. The average Bonchev–Trinajstić information content (AvgIpc) is 3.51. The van der Waals surface area contributed by atoms with E-state index in [-0.39, 0.29) is 41.4 Å². The van der Waals surface area contributed by atoms with E-state index in [0.717, 1.165) is 31.2 Å². The SMILES string of the molecule is O=C(c1cocn1)N1C[C@H]2CN(C(=O)C3CCCC3)[C@H](c3cccc(F)c3)[C@H]2C1. The van der Waals surface area contributed by atoms with Crippen LogP contribution in [0.25, 0.3) is 0 Å². The van der Waals surface area contributed by atoms with Gasteiger partial charge in [0.25, 0.3) is 5.91 Å². The van der Waals surface area contributed by atoms with Crippen LogP contribution in [0.1, 0.15) is 47.8 Å². The van der Waals surface area contributed by atoms with E-state index >= 15 is 0 Å². The van der Waals surface area contributed by atoms with E-state index in [1.807, 2.05) is 11.0 Å². The Morgan fingerprint density at radius 1 is 1.14 bits per heavy atom. The Bertz CT molecular complexity index is 910.